The topological polar surface area (TPSA) is 37.3 Å². The largest absolute Gasteiger partial charge is 0.481 e. The van der Waals surface area contributed by atoms with Crippen molar-refractivity contribution in [2.45, 2.75) is 78.1 Å². The Morgan fingerprint density at radius 3 is 2.50 bits per heavy atom. The lowest BCUT2D eigenvalue weighted by Gasteiger charge is -2.60. The third-order valence-corrected chi connectivity index (χ3v) is 8.75. The van der Waals surface area contributed by atoms with Crippen LogP contribution in [0.5, 0.6) is 0 Å². The maximum absolute atomic E-state index is 11.6. The van der Waals surface area contributed by atoms with Gasteiger partial charge in [0.2, 0.25) is 0 Å². The van der Waals surface area contributed by atoms with Crippen LogP contribution in [0.25, 0.3) is 0 Å². The van der Waals surface area contributed by atoms with Gasteiger partial charge in [0.25, 0.3) is 0 Å². The van der Waals surface area contributed by atoms with Crippen molar-refractivity contribution < 1.29 is 9.90 Å². The van der Waals surface area contributed by atoms with Crippen molar-refractivity contribution in [2.24, 2.45) is 40.4 Å². The second-order valence-corrected chi connectivity index (χ2v) is 9.56. The summed E-state index contributed by atoms with van der Waals surface area (Å²) in [6.45, 7) is 5.03. The van der Waals surface area contributed by atoms with Crippen LogP contribution in [0.15, 0.2) is 0 Å². The van der Waals surface area contributed by atoms with Gasteiger partial charge in [0.1, 0.15) is 0 Å². The standard InChI is InChI=1S/C20H32O2/c1-19-10-3-4-16(19)15-8-7-14-6-5-13(18(21)22)12-20(14,2)17(15)9-11-19/h13-17H,3-12H2,1-2H3,(H,21,22)/t13?,14?,15-,16-,17+,19-,20-/m0/s1. The van der Waals surface area contributed by atoms with Crippen LogP contribution in [0, 0.1) is 40.4 Å². The molecule has 4 fully saturated rings. The highest BCUT2D eigenvalue weighted by Crippen LogP contribution is 2.66. The van der Waals surface area contributed by atoms with Crippen molar-refractivity contribution in [3.8, 4) is 0 Å². The molecule has 0 spiro atoms. The summed E-state index contributed by atoms with van der Waals surface area (Å²) in [7, 11) is 0. The van der Waals surface area contributed by atoms with E-state index < -0.39 is 5.97 Å². The highest BCUT2D eigenvalue weighted by Gasteiger charge is 2.58. The Morgan fingerprint density at radius 2 is 1.73 bits per heavy atom. The number of rotatable bonds is 1. The summed E-state index contributed by atoms with van der Waals surface area (Å²) in [6, 6.07) is 0. The molecule has 0 bridgehead atoms. The molecule has 1 N–H and O–H groups in total. The first-order valence-electron chi connectivity index (χ1n) is 9.67. The molecule has 0 heterocycles. The summed E-state index contributed by atoms with van der Waals surface area (Å²) in [6.07, 6.45) is 12.9. The van der Waals surface area contributed by atoms with E-state index in [2.05, 4.69) is 13.8 Å². The fourth-order valence-electron chi connectivity index (χ4n) is 7.57. The van der Waals surface area contributed by atoms with E-state index in [0.29, 0.717) is 10.8 Å². The van der Waals surface area contributed by atoms with E-state index in [4.69, 9.17) is 0 Å². The SMILES string of the molecule is C[C@@]12CCC[C@H]1[C@@H]1CCC3CCC(C(=O)O)C[C@]3(C)[C@@H]1CC2. The molecule has 0 aromatic rings. The lowest BCUT2D eigenvalue weighted by Crippen LogP contribution is -2.53. The molecule has 0 aliphatic heterocycles. The smallest absolute Gasteiger partial charge is 0.306 e. The van der Waals surface area contributed by atoms with Crippen molar-refractivity contribution in [3.63, 3.8) is 0 Å². The van der Waals surface area contributed by atoms with Gasteiger partial charge in [0.15, 0.2) is 0 Å². The molecular formula is C20H32O2. The van der Waals surface area contributed by atoms with E-state index in [9.17, 15) is 9.90 Å². The van der Waals surface area contributed by atoms with Gasteiger partial charge in [-0.3, -0.25) is 4.79 Å². The normalized spacial score (nSPS) is 54.2. The zero-order chi connectivity index (χ0) is 15.5. The molecule has 4 aliphatic rings. The number of hydrogen-bond donors (Lipinski definition) is 1. The molecular weight excluding hydrogens is 272 g/mol. The Morgan fingerprint density at radius 1 is 0.955 bits per heavy atom. The summed E-state index contributed by atoms with van der Waals surface area (Å²) >= 11 is 0. The fourth-order valence-corrected chi connectivity index (χ4v) is 7.57. The van der Waals surface area contributed by atoms with Crippen molar-refractivity contribution in [3.05, 3.63) is 0 Å². The lowest BCUT2D eigenvalue weighted by molar-refractivity contribution is -0.153. The summed E-state index contributed by atoms with van der Waals surface area (Å²) in [5, 5.41) is 9.53. The molecule has 7 atom stereocenters. The number of hydrogen-bond acceptors (Lipinski definition) is 1. The van der Waals surface area contributed by atoms with Gasteiger partial charge >= 0.3 is 5.97 Å². The minimum atomic E-state index is -0.539. The van der Waals surface area contributed by atoms with Crippen LogP contribution in [-0.2, 0) is 4.79 Å². The summed E-state index contributed by atoms with van der Waals surface area (Å²) < 4.78 is 0. The molecule has 0 aromatic carbocycles. The van der Waals surface area contributed by atoms with Crippen molar-refractivity contribution >= 4 is 5.97 Å². The lowest BCUT2D eigenvalue weighted by atomic mass is 9.44. The summed E-state index contributed by atoms with van der Waals surface area (Å²) in [5.41, 5.74) is 0.930. The van der Waals surface area contributed by atoms with Gasteiger partial charge < -0.3 is 5.11 Å². The molecule has 124 valence electrons. The summed E-state index contributed by atoms with van der Waals surface area (Å²) in [4.78, 5) is 11.6. The van der Waals surface area contributed by atoms with Gasteiger partial charge in [-0.25, -0.2) is 0 Å². The molecule has 4 saturated carbocycles. The Bertz CT molecular complexity index is 472. The quantitative estimate of drug-likeness (QED) is 0.730. The number of fused-ring (bicyclic) bond motifs is 5. The third-order valence-electron chi connectivity index (χ3n) is 8.75. The zero-order valence-corrected chi connectivity index (χ0v) is 14.3. The molecule has 0 amide bonds. The van der Waals surface area contributed by atoms with E-state index in [0.717, 1.165) is 36.5 Å². The average molecular weight is 304 g/mol. The monoisotopic (exact) mass is 304 g/mol. The molecule has 2 unspecified atom stereocenters. The van der Waals surface area contributed by atoms with Crippen LogP contribution < -0.4 is 0 Å². The van der Waals surface area contributed by atoms with E-state index in [1.54, 1.807) is 0 Å². The highest BCUT2D eigenvalue weighted by molar-refractivity contribution is 5.70. The number of carbonyl (C=O) groups is 1. The van der Waals surface area contributed by atoms with E-state index >= 15 is 0 Å². The maximum Gasteiger partial charge on any atom is 0.306 e. The van der Waals surface area contributed by atoms with Gasteiger partial charge in [0.05, 0.1) is 5.92 Å². The predicted octanol–water partition coefficient (Wildman–Crippen LogP) is 5.12. The number of aliphatic carboxylic acids is 1. The van der Waals surface area contributed by atoms with Gasteiger partial charge in [0, 0.05) is 0 Å². The van der Waals surface area contributed by atoms with E-state index in [1.807, 2.05) is 0 Å². The first-order valence-corrected chi connectivity index (χ1v) is 9.67. The first kappa shape index (κ1) is 15.0. The Balaban J connectivity index is 1.62. The molecule has 4 rings (SSSR count). The third kappa shape index (κ3) is 2.01. The van der Waals surface area contributed by atoms with Crippen LogP contribution in [0.3, 0.4) is 0 Å². The minimum Gasteiger partial charge on any atom is -0.481 e. The Hall–Kier alpha value is -0.530. The Kier molecular flexibility index (Phi) is 3.40. The van der Waals surface area contributed by atoms with Gasteiger partial charge in [-0.15, -0.1) is 0 Å². The van der Waals surface area contributed by atoms with Crippen LogP contribution in [0.1, 0.15) is 78.1 Å². The number of carboxylic acid groups (broad SMARTS) is 1. The molecule has 0 radical (unpaired) electrons. The maximum atomic E-state index is 11.6. The second-order valence-electron chi connectivity index (χ2n) is 9.56. The minimum absolute atomic E-state index is 0.0723. The molecule has 4 aliphatic carbocycles. The zero-order valence-electron chi connectivity index (χ0n) is 14.3. The molecule has 0 saturated heterocycles. The van der Waals surface area contributed by atoms with E-state index in [1.165, 1.54) is 51.4 Å². The number of carboxylic acids is 1. The van der Waals surface area contributed by atoms with Crippen LogP contribution in [0.4, 0.5) is 0 Å². The molecule has 22 heavy (non-hydrogen) atoms. The molecule has 0 aromatic heterocycles. The predicted molar refractivity (Wildman–Crippen MR) is 87.5 cm³/mol. The first-order chi connectivity index (χ1) is 10.4. The Labute approximate surface area is 135 Å². The van der Waals surface area contributed by atoms with Crippen LogP contribution in [-0.4, -0.2) is 11.1 Å². The molecule has 2 heteroatoms. The fraction of sp³-hybridized carbons (Fsp3) is 0.950. The van der Waals surface area contributed by atoms with Crippen molar-refractivity contribution in [2.75, 3.05) is 0 Å². The van der Waals surface area contributed by atoms with Gasteiger partial charge in [-0.2, -0.15) is 0 Å². The van der Waals surface area contributed by atoms with Crippen molar-refractivity contribution in [1.29, 1.82) is 0 Å². The van der Waals surface area contributed by atoms with E-state index in [-0.39, 0.29) is 5.92 Å². The summed E-state index contributed by atoms with van der Waals surface area (Å²) in [5.74, 6) is 2.84. The highest BCUT2D eigenvalue weighted by atomic mass is 16.4. The molecule has 2 nitrogen and oxygen atoms in total. The van der Waals surface area contributed by atoms with Crippen LogP contribution >= 0.6 is 0 Å². The van der Waals surface area contributed by atoms with Gasteiger partial charge in [-0.1, -0.05) is 20.3 Å². The second kappa shape index (κ2) is 4.98. The van der Waals surface area contributed by atoms with Crippen molar-refractivity contribution in [1.82, 2.24) is 0 Å². The van der Waals surface area contributed by atoms with Gasteiger partial charge in [-0.05, 0) is 92.3 Å². The average Bonchev–Trinajstić information content (AvgIpc) is 2.87. The van der Waals surface area contributed by atoms with Crippen LogP contribution in [0.2, 0.25) is 0 Å².